The maximum Gasteiger partial charge on any atom is 0.230 e. The molecule has 3 aromatic rings. The summed E-state index contributed by atoms with van der Waals surface area (Å²) in [6.07, 6.45) is 8.36. The molecular formula is C21H23N5O2. The molecule has 0 aliphatic carbocycles. The van der Waals surface area contributed by atoms with E-state index in [2.05, 4.69) is 20.3 Å². The number of carbonyl (C=O) groups is 1. The van der Waals surface area contributed by atoms with Crippen LogP contribution in [0.15, 0.2) is 61.2 Å². The summed E-state index contributed by atoms with van der Waals surface area (Å²) >= 11 is 0. The van der Waals surface area contributed by atoms with Gasteiger partial charge in [-0.05, 0) is 24.5 Å². The second kappa shape index (κ2) is 8.31. The molecule has 0 saturated carbocycles. The van der Waals surface area contributed by atoms with Crippen molar-refractivity contribution in [1.82, 2.24) is 24.8 Å². The van der Waals surface area contributed by atoms with E-state index in [4.69, 9.17) is 4.74 Å². The zero-order valence-corrected chi connectivity index (χ0v) is 15.6. The summed E-state index contributed by atoms with van der Waals surface area (Å²) in [6, 6.07) is 11.8. The van der Waals surface area contributed by atoms with Crippen LogP contribution in [0.2, 0.25) is 0 Å². The van der Waals surface area contributed by atoms with Gasteiger partial charge in [0.05, 0.1) is 5.41 Å². The first kappa shape index (κ1) is 18.3. The van der Waals surface area contributed by atoms with E-state index < -0.39 is 5.41 Å². The van der Waals surface area contributed by atoms with Crippen molar-refractivity contribution in [2.75, 3.05) is 19.8 Å². The van der Waals surface area contributed by atoms with Crippen LogP contribution in [0.3, 0.4) is 0 Å². The van der Waals surface area contributed by atoms with Crippen LogP contribution in [-0.2, 0) is 21.5 Å². The van der Waals surface area contributed by atoms with Crippen molar-refractivity contribution in [1.29, 1.82) is 0 Å². The Bertz CT molecular complexity index is 905. The Morgan fingerprint density at radius 2 is 1.79 bits per heavy atom. The summed E-state index contributed by atoms with van der Waals surface area (Å²) in [5.74, 6) is 1.32. The normalized spacial score (nSPS) is 15.9. The van der Waals surface area contributed by atoms with Gasteiger partial charge >= 0.3 is 0 Å². The van der Waals surface area contributed by atoms with Crippen molar-refractivity contribution in [3.8, 4) is 11.6 Å². The topological polar surface area (TPSA) is 81.9 Å². The molecule has 1 aliphatic rings. The summed E-state index contributed by atoms with van der Waals surface area (Å²) in [5, 5.41) is 3.12. The number of hydrogen-bond donors (Lipinski definition) is 1. The third-order valence-electron chi connectivity index (χ3n) is 5.23. The SMILES string of the molecule is O=C(NCCn1ccnc1-c1ncccn1)C1(c2ccccc2)CCOCC1. The molecule has 7 heteroatoms. The van der Waals surface area contributed by atoms with Crippen LogP contribution >= 0.6 is 0 Å². The highest BCUT2D eigenvalue weighted by Gasteiger charge is 2.41. The molecule has 7 nitrogen and oxygen atoms in total. The third kappa shape index (κ3) is 3.66. The maximum atomic E-state index is 13.2. The van der Waals surface area contributed by atoms with Gasteiger partial charge in [-0.1, -0.05) is 30.3 Å². The van der Waals surface area contributed by atoms with Crippen LogP contribution in [0.25, 0.3) is 11.6 Å². The van der Waals surface area contributed by atoms with Gasteiger partial charge in [0, 0.05) is 51.1 Å². The van der Waals surface area contributed by atoms with Crippen LogP contribution in [-0.4, -0.2) is 45.2 Å². The minimum absolute atomic E-state index is 0.0552. The van der Waals surface area contributed by atoms with E-state index in [0.717, 1.165) is 5.56 Å². The van der Waals surface area contributed by atoms with Crippen LogP contribution < -0.4 is 5.32 Å². The minimum atomic E-state index is -0.528. The number of nitrogens with zero attached hydrogens (tertiary/aromatic N) is 4. The van der Waals surface area contributed by atoms with Crippen molar-refractivity contribution in [3.05, 3.63) is 66.7 Å². The molecule has 0 atom stereocenters. The number of benzene rings is 1. The second-order valence-electron chi connectivity index (χ2n) is 6.83. The molecule has 1 N–H and O–H groups in total. The zero-order chi connectivity index (χ0) is 19.2. The summed E-state index contributed by atoms with van der Waals surface area (Å²) in [4.78, 5) is 26.0. The lowest BCUT2D eigenvalue weighted by atomic mass is 9.73. The Hall–Kier alpha value is -3.06. The van der Waals surface area contributed by atoms with Crippen molar-refractivity contribution in [3.63, 3.8) is 0 Å². The number of ether oxygens (including phenoxy) is 1. The second-order valence-corrected chi connectivity index (χ2v) is 6.83. The molecule has 1 saturated heterocycles. The molecule has 1 amide bonds. The van der Waals surface area contributed by atoms with E-state index in [1.54, 1.807) is 24.7 Å². The largest absolute Gasteiger partial charge is 0.381 e. The Morgan fingerprint density at radius 3 is 2.54 bits per heavy atom. The van der Waals surface area contributed by atoms with Crippen molar-refractivity contribution in [2.45, 2.75) is 24.8 Å². The van der Waals surface area contributed by atoms with Gasteiger partial charge in [-0.2, -0.15) is 0 Å². The van der Waals surface area contributed by atoms with Gasteiger partial charge in [0.25, 0.3) is 0 Å². The van der Waals surface area contributed by atoms with E-state index in [1.165, 1.54) is 0 Å². The van der Waals surface area contributed by atoms with Crippen molar-refractivity contribution >= 4 is 5.91 Å². The highest BCUT2D eigenvalue weighted by molar-refractivity contribution is 5.88. The lowest BCUT2D eigenvalue weighted by Crippen LogP contribution is -2.48. The van der Waals surface area contributed by atoms with Crippen LogP contribution in [0, 0.1) is 0 Å². The summed E-state index contributed by atoms with van der Waals surface area (Å²) in [5.41, 5.74) is 0.525. The predicted molar refractivity (Wildman–Crippen MR) is 104 cm³/mol. The van der Waals surface area contributed by atoms with Gasteiger partial charge < -0.3 is 14.6 Å². The molecule has 28 heavy (non-hydrogen) atoms. The molecule has 144 valence electrons. The molecule has 0 bridgehead atoms. The molecule has 3 heterocycles. The van der Waals surface area contributed by atoms with Gasteiger partial charge in [0.2, 0.25) is 5.91 Å². The Morgan fingerprint density at radius 1 is 1.04 bits per heavy atom. The lowest BCUT2D eigenvalue weighted by molar-refractivity contribution is -0.130. The van der Waals surface area contributed by atoms with Gasteiger partial charge in [0.1, 0.15) is 0 Å². The molecule has 0 spiro atoms. The highest BCUT2D eigenvalue weighted by atomic mass is 16.5. The van der Waals surface area contributed by atoms with Gasteiger partial charge in [-0.25, -0.2) is 15.0 Å². The number of imidazole rings is 1. The highest BCUT2D eigenvalue weighted by Crippen LogP contribution is 2.35. The standard InChI is InChI=1S/C21H23N5O2/c27-20(21(7-15-28-16-8-21)17-5-2-1-3-6-17)25-12-14-26-13-11-24-19(26)18-22-9-4-10-23-18/h1-6,9-11,13H,7-8,12,14-16H2,(H,25,27). The fourth-order valence-corrected chi connectivity index (χ4v) is 3.69. The number of aromatic nitrogens is 4. The molecule has 1 aliphatic heterocycles. The Labute approximate surface area is 163 Å². The van der Waals surface area contributed by atoms with E-state index in [9.17, 15) is 4.79 Å². The van der Waals surface area contributed by atoms with Gasteiger partial charge in [-0.3, -0.25) is 4.79 Å². The monoisotopic (exact) mass is 377 g/mol. The number of nitrogens with one attached hydrogen (secondary N) is 1. The van der Waals surface area contributed by atoms with E-state index >= 15 is 0 Å². The van der Waals surface area contributed by atoms with E-state index in [-0.39, 0.29) is 5.91 Å². The number of rotatable bonds is 6. The molecule has 4 rings (SSSR count). The molecule has 0 unspecified atom stereocenters. The lowest BCUT2D eigenvalue weighted by Gasteiger charge is -2.36. The van der Waals surface area contributed by atoms with Crippen LogP contribution in [0.1, 0.15) is 18.4 Å². The Balaban J connectivity index is 1.45. The molecule has 0 radical (unpaired) electrons. The first-order valence-electron chi connectivity index (χ1n) is 9.50. The molecular weight excluding hydrogens is 354 g/mol. The molecule has 1 fully saturated rings. The maximum absolute atomic E-state index is 13.2. The van der Waals surface area contributed by atoms with Crippen LogP contribution in [0.5, 0.6) is 0 Å². The van der Waals surface area contributed by atoms with Gasteiger partial charge in [0.15, 0.2) is 11.6 Å². The third-order valence-corrected chi connectivity index (χ3v) is 5.23. The minimum Gasteiger partial charge on any atom is -0.381 e. The van der Waals surface area contributed by atoms with Crippen LogP contribution in [0.4, 0.5) is 0 Å². The summed E-state index contributed by atoms with van der Waals surface area (Å²) in [7, 11) is 0. The fourth-order valence-electron chi connectivity index (χ4n) is 3.69. The number of carbonyl (C=O) groups excluding carboxylic acids is 1. The quantitative estimate of drug-likeness (QED) is 0.712. The first-order valence-corrected chi connectivity index (χ1v) is 9.50. The van der Waals surface area contributed by atoms with Crippen molar-refractivity contribution < 1.29 is 9.53 Å². The smallest absolute Gasteiger partial charge is 0.230 e. The number of hydrogen-bond acceptors (Lipinski definition) is 5. The van der Waals surface area contributed by atoms with Crippen molar-refractivity contribution in [2.24, 2.45) is 0 Å². The van der Waals surface area contributed by atoms with Gasteiger partial charge in [-0.15, -0.1) is 0 Å². The van der Waals surface area contributed by atoms with E-state index in [1.807, 2.05) is 41.1 Å². The average molecular weight is 377 g/mol. The molecule has 1 aromatic carbocycles. The van der Waals surface area contributed by atoms with E-state index in [0.29, 0.717) is 50.8 Å². The molecule has 2 aromatic heterocycles. The first-order chi connectivity index (χ1) is 13.8. The fraction of sp³-hybridized carbons (Fsp3) is 0.333. The zero-order valence-electron chi connectivity index (χ0n) is 15.6. The summed E-state index contributed by atoms with van der Waals surface area (Å²) in [6.45, 7) is 2.30. The Kier molecular flexibility index (Phi) is 5.43. The predicted octanol–water partition coefficient (Wildman–Crippen LogP) is 2.20. The average Bonchev–Trinajstić information content (AvgIpc) is 3.24. The number of amides is 1. The summed E-state index contributed by atoms with van der Waals surface area (Å²) < 4.78 is 7.47.